The van der Waals surface area contributed by atoms with Gasteiger partial charge in [-0.3, -0.25) is 4.90 Å². The van der Waals surface area contributed by atoms with Crippen molar-refractivity contribution in [3.63, 3.8) is 0 Å². The zero-order valence-electron chi connectivity index (χ0n) is 12.9. The van der Waals surface area contributed by atoms with E-state index in [1.165, 1.54) is 31.6 Å². The van der Waals surface area contributed by atoms with Crippen molar-refractivity contribution in [1.29, 1.82) is 0 Å². The number of piperidine rings is 1. The van der Waals surface area contributed by atoms with Gasteiger partial charge in [-0.2, -0.15) is 0 Å². The fraction of sp³-hybridized carbons (Fsp3) is 0.765. The zero-order valence-corrected chi connectivity index (χ0v) is 13.6. The van der Waals surface area contributed by atoms with Gasteiger partial charge >= 0.3 is 0 Å². The summed E-state index contributed by atoms with van der Waals surface area (Å²) < 4.78 is 5.45. The Morgan fingerprint density at radius 2 is 2.19 bits per heavy atom. The molecule has 3 unspecified atom stereocenters. The molecule has 3 nitrogen and oxygen atoms in total. The van der Waals surface area contributed by atoms with E-state index in [0.29, 0.717) is 11.5 Å². The monoisotopic (exact) mass is 308 g/mol. The molecule has 0 radical (unpaired) electrons. The van der Waals surface area contributed by atoms with Crippen LogP contribution in [0.4, 0.5) is 0 Å². The van der Waals surface area contributed by atoms with Gasteiger partial charge in [0.15, 0.2) is 0 Å². The van der Waals surface area contributed by atoms with E-state index in [1.807, 2.05) is 0 Å². The lowest BCUT2D eigenvalue weighted by Gasteiger charge is -2.36. The fourth-order valence-electron chi connectivity index (χ4n) is 4.49. The first-order valence-electron chi connectivity index (χ1n) is 8.35. The first-order chi connectivity index (χ1) is 10.2. The van der Waals surface area contributed by atoms with Crippen molar-refractivity contribution in [3.8, 4) is 0 Å². The van der Waals surface area contributed by atoms with Crippen LogP contribution < -0.4 is 0 Å². The molecule has 0 aromatic heterocycles. The van der Waals surface area contributed by atoms with Crippen LogP contribution in [0.5, 0.6) is 0 Å². The zero-order chi connectivity index (χ0) is 14.4. The molecule has 4 aliphatic rings. The molecule has 2 aliphatic heterocycles. The largest absolute Gasteiger partial charge is 0.379 e. The first kappa shape index (κ1) is 14.3. The molecule has 0 spiro atoms. The Balaban J connectivity index is 1.47. The van der Waals surface area contributed by atoms with Crippen molar-refractivity contribution in [3.05, 3.63) is 22.8 Å². The van der Waals surface area contributed by atoms with Crippen LogP contribution in [0.2, 0.25) is 0 Å². The van der Waals surface area contributed by atoms with Crippen LogP contribution in [0.25, 0.3) is 0 Å². The highest BCUT2D eigenvalue weighted by Gasteiger charge is 2.61. The Bertz CT molecular complexity index is 483. The van der Waals surface area contributed by atoms with E-state index in [1.54, 1.807) is 0 Å². The van der Waals surface area contributed by atoms with Crippen molar-refractivity contribution in [2.24, 2.45) is 11.3 Å². The van der Waals surface area contributed by atoms with Crippen LogP contribution in [0.3, 0.4) is 0 Å². The third kappa shape index (κ3) is 2.39. The third-order valence-corrected chi connectivity index (χ3v) is 6.26. The maximum absolute atomic E-state index is 6.66. The molecule has 21 heavy (non-hydrogen) atoms. The number of hydrogen-bond donors (Lipinski definition) is 0. The molecule has 0 aromatic rings. The second-order valence-electron chi connectivity index (χ2n) is 6.97. The van der Waals surface area contributed by atoms with Crippen LogP contribution in [0.15, 0.2) is 22.8 Å². The number of nitrogens with zero attached hydrogens (tertiary/aromatic N) is 2. The number of allylic oxidation sites excluding steroid dienone is 1. The quantitative estimate of drug-likeness (QED) is 0.796. The lowest BCUT2D eigenvalue weighted by molar-refractivity contribution is 0.0250. The standard InChI is InChI=1S/C17H25ClN2O/c1-2-19-11-14-10-17(14,12-19)13-3-4-16(15(18)9-13)20-5-7-21-8-6-20/h3,9,14,16H,2,4-8,10-12H2,1H3. The van der Waals surface area contributed by atoms with Gasteiger partial charge in [0.1, 0.15) is 0 Å². The van der Waals surface area contributed by atoms with E-state index in [9.17, 15) is 0 Å². The Kier molecular flexibility index (Phi) is 3.65. The van der Waals surface area contributed by atoms with Gasteiger partial charge in [-0.1, -0.05) is 24.6 Å². The number of likely N-dealkylation sites (tertiary alicyclic amines) is 1. The van der Waals surface area contributed by atoms with E-state index in [0.717, 1.165) is 43.7 Å². The van der Waals surface area contributed by atoms with Gasteiger partial charge in [-0.15, -0.1) is 0 Å². The number of morpholine rings is 1. The minimum Gasteiger partial charge on any atom is -0.379 e. The van der Waals surface area contributed by atoms with Gasteiger partial charge in [-0.05, 0) is 37.0 Å². The minimum atomic E-state index is 0.386. The lowest BCUT2D eigenvalue weighted by Crippen LogP contribution is -2.44. The number of ether oxygens (including phenoxy) is 1. The van der Waals surface area contributed by atoms with Gasteiger partial charge in [0.05, 0.1) is 13.2 Å². The van der Waals surface area contributed by atoms with Crippen LogP contribution in [0.1, 0.15) is 19.8 Å². The first-order valence-corrected chi connectivity index (χ1v) is 8.72. The summed E-state index contributed by atoms with van der Waals surface area (Å²) in [6.07, 6.45) is 7.22. The summed E-state index contributed by atoms with van der Waals surface area (Å²) in [6.45, 7) is 9.67. The van der Waals surface area contributed by atoms with Crippen LogP contribution in [-0.4, -0.2) is 61.8 Å². The second kappa shape index (κ2) is 5.38. The van der Waals surface area contributed by atoms with Crippen molar-refractivity contribution in [2.45, 2.75) is 25.8 Å². The van der Waals surface area contributed by atoms with Crippen molar-refractivity contribution < 1.29 is 4.74 Å². The number of rotatable bonds is 3. The summed E-state index contributed by atoms with van der Waals surface area (Å²) >= 11 is 6.66. The summed E-state index contributed by atoms with van der Waals surface area (Å²) in [5.41, 5.74) is 1.98. The van der Waals surface area contributed by atoms with E-state index < -0.39 is 0 Å². The molecule has 4 heteroatoms. The summed E-state index contributed by atoms with van der Waals surface area (Å²) in [7, 11) is 0. The Labute approximate surface area is 132 Å². The highest BCUT2D eigenvalue weighted by atomic mass is 35.5. The molecule has 4 rings (SSSR count). The molecule has 2 aliphatic carbocycles. The van der Waals surface area contributed by atoms with E-state index >= 15 is 0 Å². The minimum absolute atomic E-state index is 0.386. The molecule has 2 saturated heterocycles. The maximum atomic E-state index is 6.66. The summed E-state index contributed by atoms with van der Waals surface area (Å²) in [6, 6.07) is 0.386. The van der Waals surface area contributed by atoms with Gasteiger partial charge in [-0.25, -0.2) is 0 Å². The summed E-state index contributed by atoms with van der Waals surface area (Å²) in [5.74, 6) is 0.879. The Hall–Kier alpha value is -0.350. The van der Waals surface area contributed by atoms with Crippen molar-refractivity contribution in [2.75, 3.05) is 45.9 Å². The normalized spacial score (nSPS) is 40.7. The second-order valence-corrected chi connectivity index (χ2v) is 7.41. The molecular weight excluding hydrogens is 284 g/mol. The molecule has 2 heterocycles. The Morgan fingerprint density at radius 3 is 2.86 bits per heavy atom. The predicted octanol–water partition coefficient (Wildman–Crippen LogP) is 2.48. The van der Waals surface area contributed by atoms with Gasteiger partial charge < -0.3 is 9.64 Å². The molecule has 0 bridgehead atoms. The highest BCUT2D eigenvalue weighted by Crippen LogP contribution is 2.63. The van der Waals surface area contributed by atoms with Crippen LogP contribution in [0, 0.1) is 11.3 Å². The average molecular weight is 309 g/mol. The van der Waals surface area contributed by atoms with E-state index in [2.05, 4.69) is 28.9 Å². The molecule has 3 atom stereocenters. The van der Waals surface area contributed by atoms with Crippen molar-refractivity contribution >= 4 is 11.6 Å². The van der Waals surface area contributed by atoms with E-state index in [4.69, 9.17) is 16.3 Å². The molecule has 3 fully saturated rings. The van der Waals surface area contributed by atoms with Gasteiger partial charge in [0.2, 0.25) is 0 Å². The maximum Gasteiger partial charge on any atom is 0.0594 e. The number of halogens is 1. The fourth-order valence-corrected chi connectivity index (χ4v) is 4.83. The van der Waals surface area contributed by atoms with Gasteiger partial charge in [0.25, 0.3) is 0 Å². The Morgan fingerprint density at radius 1 is 1.38 bits per heavy atom. The lowest BCUT2D eigenvalue weighted by atomic mass is 9.88. The molecular formula is C17H25ClN2O. The molecule has 0 aromatic carbocycles. The highest BCUT2D eigenvalue weighted by molar-refractivity contribution is 6.30. The van der Waals surface area contributed by atoms with Crippen LogP contribution in [-0.2, 0) is 4.74 Å². The topological polar surface area (TPSA) is 15.7 Å². The molecule has 0 N–H and O–H groups in total. The average Bonchev–Trinajstić information content (AvgIpc) is 3.10. The summed E-state index contributed by atoms with van der Waals surface area (Å²) in [5, 5.41) is 1.05. The molecule has 0 amide bonds. The predicted molar refractivity (Wildman–Crippen MR) is 85.5 cm³/mol. The van der Waals surface area contributed by atoms with Crippen LogP contribution >= 0.6 is 11.6 Å². The summed E-state index contributed by atoms with van der Waals surface area (Å²) in [4.78, 5) is 5.06. The third-order valence-electron chi connectivity index (χ3n) is 5.90. The van der Waals surface area contributed by atoms with E-state index in [-0.39, 0.29) is 0 Å². The number of fused-ring (bicyclic) bond motifs is 1. The molecule has 1 saturated carbocycles. The van der Waals surface area contributed by atoms with Crippen molar-refractivity contribution in [1.82, 2.24) is 9.80 Å². The van der Waals surface area contributed by atoms with Gasteiger partial charge in [0, 0.05) is 42.7 Å². The number of hydrogen-bond acceptors (Lipinski definition) is 3. The smallest absolute Gasteiger partial charge is 0.0594 e. The molecule has 116 valence electrons. The SMILES string of the molecule is CCN1CC2CC2(C2=CCC(N3CCOCC3)C(Cl)=C2)C1.